The molecule has 3 aromatic rings. The van der Waals surface area contributed by atoms with E-state index in [0.717, 1.165) is 12.8 Å². The van der Waals surface area contributed by atoms with Gasteiger partial charge in [-0.2, -0.15) is 0 Å². The fourth-order valence-corrected chi connectivity index (χ4v) is 3.15. The molecule has 0 spiro atoms. The second-order valence-electron chi connectivity index (χ2n) is 6.37. The summed E-state index contributed by atoms with van der Waals surface area (Å²) in [6.07, 6.45) is 1.57. The molecule has 26 heavy (non-hydrogen) atoms. The number of hydrogen-bond donors (Lipinski definition) is 1. The number of halogens is 1. The number of hydrogen-bond acceptors (Lipinski definition) is 5. The van der Waals surface area contributed by atoms with Crippen LogP contribution in [0.3, 0.4) is 0 Å². The molecule has 1 aliphatic heterocycles. The number of pyridine rings is 1. The average molecular weight is 355 g/mol. The summed E-state index contributed by atoms with van der Waals surface area (Å²) in [7, 11) is 0. The molecule has 1 amide bonds. The van der Waals surface area contributed by atoms with Gasteiger partial charge < -0.3 is 14.6 Å². The van der Waals surface area contributed by atoms with Gasteiger partial charge in [0.05, 0.1) is 22.3 Å². The van der Waals surface area contributed by atoms with Crippen LogP contribution >= 0.6 is 0 Å². The van der Waals surface area contributed by atoms with Gasteiger partial charge in [0.25, 0.3) is 11.6 Å². The molecule has 1 N–H and O–H groups in total. The van der Waals surface area contributed by atoms with Crippen LogP contribution < -0.4 is 5.32 Å². The van der Waals surface area contributed by atoms with Gasteiger partial charge in [0, 0.05) is 24.8 Å². The molecule has 0 unspecified atom stereocenters. The first kappa shape index (κ1) is 16.7. The van der Waals surface area contributed by atoms with E-state index < -0.39 is 0 Å². The minimum atomic E-state index is -0.331. The lowest BCUT2D eigenvalue weighted by Crippen LogP contribution is -2.39. The maximum atomic E-state index is 13.2. The molecule has 1 aromatic carbocycles. The first-order valence-electron chi connectivity index (χ1n) is 8.53. The van der Waals surface area contributed by atoms with E-state index in [2.05, 4.69) is 15.5 Å². The second kappa shape index (κ2) is 6.84. The molecule has 6 nitrogen and oxygen atoms in total. The number of ether oxygens (including phenoxy) is 1. The molecular weight excluding hydrogens is 337 g/mol. The molecule has 7 heteroatoms. The average Bonchev–Trinajstić information content (AvgIpc) is 3.03. The zero-order chi connectivity index (χ0) is 18.1. The molecule has 134 valence electrons. The molecule has 0 radical (unpaired) electrons. The van der Waals surface area contributed by atoms with Crippen LogP contribution in [0, 0.1) is 12.7 Å². The fourth-order valence-electron chi connectivity index (χ4n) is 3.15. The molecule has 0 aliphatic carbocycles. The lowest BCUT2D eigenvalue weighted by molar-refractivity contribution is 0.0697. The molecule has 1 aliphatic rings. The normalized spacial score (nSPS) is 15.3. The van der Waals surface area contributed by atoms with Crippen molar-refractivity contribution in [2.75, 3.05) is 13.2 Å². The molecule has 0 atom stereocenters. The SMILES string of the molecule is Cc1noc2nc(-c3ccc(F)cc3)cc(C(=O)NC3CCOCC3)c12. The lowest BCUT2D eigenvalue weighted by atomic mass is 10.0. The highest BCUT2D eigenvalue weighted by atomic mass is 19.1. The molecule has 3 heterocycles. The van der Waals surface area contributed by atoms with Crippen LogP contribution in [0.5, 0.6) is 0 Å². The Morgan fingerprint density at radius 1 is 1.23 bits per heavy atom. The van der Waals surface area contributed by atoms with E-state index in [1.165, 1.54) is 12.1 Å². The van der Waals surface area contributed by atoms with Crippen LogP contribution in [0.4, 0.5) is 4.39 Å². The first-order chi connectivity index (χ1) is 12.6. The first-order valence-corrected chi connectivity index (χ1v) is 8.53. The number of aryl methyl sites for hydroxylation is 1. The summed E-state index contributed by atoms with van der Waals surface area (Å²) in [5.74, 6) is -0.526. The number of carbonyl (C=O) groups is 1. The topological polar surface area (TPSA) is 77.2 Å². The predicted octanol–water partition coefficient (Wildman–Crippen LogP) is 3.25. The number of benzene rings is 1. The summed E-state index contributed by atoms with van der Waals surface area (Å²) in [5, 5.41) is 7.59. The van der Waals surface area contributed by atoms with Gasteiger partial charge in [-0.15, -0.1) is 0 Å². The molecule has 0 bridgehead atoms. The van der Waals surface area contributed by atoms with E-state index in [1.807, 2.05) is 0 Å². The van der Waals surface area contributed by atoms with Crippen LogP contribution in [-0.4, -0.2) is 35.3 Å². The lowest BCUT2D eigenvalue weighted by Gasteiger charge is -2.23. The van der Waals surface area contributed by atoms with Crippen molar-refractivity contribution in [3.05, 3.63) is 47.4 Å². The van der Waals surface area contributed by atoms with Crippen LogP contribution in [0.1, 0.15) is 28.9 Å². The number of amides is 1. The number of nitrogens with one attached hydrogen (secondary N) is 1. The molecule has 2 aromatic heterocycles. The Labute approximate surface area is 149 Å². The summed E-state index contributed by atoms with van der Waals surface area (Å²) in [6, 6.07) is 7.73. The van der Waals surface area contributed by atoms with Crippen molar-refractivity contribution in [3.63, 3.8) is 0 Å². The third kappa shape index (κ3) is 3.17. The van der Waals surface area contributed by atoms with Crippen molar-refractivity contribution >= 4 is 17.0 Å². The van der Waals surface area contributed by atoms with Crippen molar-refractivity contribution in [1.82, 2.24) is 15.5 Å². The number of fused-ring (bicyclic) bond motifs is 1. The van der Waals surface area contributed by atoms with Gasteiger partial charge in [0.15, 0.2) is 0 Å². The Bertz CT molecular complexity index is 947. The van der Waals surface area contributed by atoms with Crippen molar-refractivity contribution in [3.8, 4) is 11.3 Å². The Hall–Kier alpha value is -2.80. The van der Waals surface area contributed by atoms with E-state index in [4.69, 9.17) is 9.26 Å². The zero-order valence-corrected chi connectivity index (χ0v) is 14.3. The third-order valence-electron chi connectivity index (χ3n) is 4.56. The van der Waals surface area contributed by atoms with Gasteiger partial charge in [-0.25, -0.2) is 9.37 Å². The van der Waals surface area contributed by atoms with Crippen molar-refractivity contribution in [2.45, 2.75) is 25.8 Å². The van der Waals surface area contributed by atoms with E-state index in [1.54, 1.807) is 25.1 Å². The number of rotatable bonds is 3. The summed E-state index contributed by atoms with van der Waals surface area (Å²) < 4.78 is 23.8. The maximum absolute atomic E-state index is 13.2. The zero-order valence-electron chi connectivity index (χ0n) is 14.3. The minimum absolute atomic E-state index is 0.0777. The molecule has 4 rings (SSSR count). The standard InChI is InChI=1S/C19H18FN3O3/c1-11-17-15(18(24)21-14-6-8-25-9-7-14)10-16(22-19(17)26-23-11)12-2-4-13(20)5-3-12/h2-5,10,14H,6-9H2,1H3,(H,21,24). The van der Waals surface area contributed by atoms with Gasteiger partial charge >= 0.3 is 0 Å². The van der Waals surface area contributed by atoms with Gasteiger partial charge in [0.1, 0.15) is 5.82 Å². The van der Waals surface area contributed by atoms with E-state index >= 15 is 0 Å². The second-order valence-corrected chi connectivity index (χ2v) is 6.37. The Kier molecular flexibility index (Phi) is 4.38. The number of carbonyl (C=O) groups excluding carboxylic acids is 1. The van der Waals surface area contributed by atoms with Crippen molar-refractivity contribution in [1.29, 1.82) is 0 Å². The van der Waals surface area contributed by atoms with E-state index in [0.29, 0.717) is 46.8 Å². The Balaban J connectivity index is 1.75. The largest absolute Gasteiger partial charge is 0.381 e. The highest BCUT2D eigenvalue weighted by Crippen LogP contribution is 2.27. The van der Waals surface area contributed by atoms with Crippen molar-refractivity contribution in [2.24, 2.45) is 0 Å². The summed E-state index contributed by atoms with van der Waals surface area (Å²) in [6.45, 7) is 3.06. The third-order valence-corrected chi connectivity index (χ3v) is 4.56. The Morgan fingerprint density at radius 3 is 2.69 bits per heavy atom. The smallest absolute Gasteiger partial charge is 0.259 e. The van der Waals surface area contributed by atoms with Gasteiger partial charge in [0.2, 0.25) is 0 Å². The molecular formula is C19H18FN3O3. The molecule has 1 saturated heterocycles. The summed E-state index contributed by atoms with van der Waals surface area (Å²) in [5.41, 5.74) is 2.59. The van der Waals surface area contributed by atoms with Gasteiger partial charge in [-0.1, -0.05) is 5.16 Å². The summed E-state index contributed by atoms with van der Waals surface area (Å²) in [4.78, 5) is 17.3. The molecule has 0 saturated carbocycles. The minimum Gasteiger partial charge on any atom is -0.381 e. The summed E-state index contributed by atoms with van der Waals surface area (Å²) >= 11 is 0. The van der Waals surface area contributed by atoms with Crippen molar-refractivity contribution < 1.29 is 18.4 Å². The highest BCUT2D eigenvalue weighted by molar-refractivity contribution is 6.07. The van der Waals surface area contributed by atoms with E-state index in [-0.39, 0.29) is 17.8 Å². The quantitative estimate of drug-likeness (QED) is 0.780. The van der Waals surface area contributed by atoms with E-state index in [9.17, 15) is 9.18 Å². The van der Waals surface area contributed by atoms with Crippen LogP contribution in [0.25, 0.3) is 22.4 Å². The van der Waals surface area contributed by atoms with Crippen LogP contribution in [0.2, 0.25) is 0 Å². The fraction of sp³-hybridized carbons (Fsp3) is 0.316. The van der Waals surface area contributed by atoms with Crippen LogP contribution in [0.15, 0.2) is 34.9 Å². The van der Waals surface area contributed by atoms with Gasteiger partial charge in [-0.3, -0.25) is 4.79 Å². The monoisotopic (exact) mass is 355 g/mol. The highest BCUT2D eigenvalue weighted by Gasteiger charge is 2.22. The maximum Gasteiger partial charge on any atom is 0.259 e. The number of nitrogens with zero attached hydrogens (tertiary/aromatic N) is 2. The van der Waals surface area contributed by atoms with Crippen LogP contribution in [-0.2, 0) is 4.74 Å². The number of aromatic nitrogens is 2. The molecule has 1 fully saturated rings. The van der Waals surface area contributed by atoms with Gasteiger partial charge in [-0.05, 0) is 50.1 Å². The Morgan fingerprint density at radius 2 is 1.96 bits per heavy atom. The predicted molar refractivity (Wildman–Crippen MR) is 93.2 cm³/mol.